The van der Waals surface area contributed by atoms with Crippen LogP contribution in [0.5, 0.6) is 5.75 Å². The zero-order chi connectivity index (χ0) is 24.5. The van der Waals surface area contributed by atoms with E-state index in [0.717, 1.165) is 30.6 Å². The number of methoxy groups -OCH3 is 1. The van der Waals surface area contributed by atoms with Gasteiger partial charge in [0.25, 0.3) is 0 Å². The first-order valence-corrected chi connectivity index (χ1v) is 12.6. The molecule has 1 saturated heterocycles. The summed E-state index contributed by atoms with van der Waals surface area (Å²) in [6.45, 7) is 9.39. The van der Waals surface area contributed by atoms with Gasteiger partial charge in [0.1, 0.15) is 5.75 Å². The average molecular weight is 476 g/mol. The van der Waals surface area contributed by atoms with Gasteiger partial charge in [-0.2, -0.15) is 0 Å². The standard InChI is InChI=1S/C26H41N3O5/c1-18(2)17-34-26(31)28-22-7-5-10-29(16-22)25(30)27-15-20-13-23(21-8-9-21)19(3)24(14-20)33-12-6-11-32-4/h13-14,18,21-22H,5-12,15-17H2,1-4H3,(H,27,30)(H,28,31)/t22-/m1/s1. The van der Waals surface area contributed by atoms with Gasteiger partial charge in [0.15, 0.2) is 0 Å². The Bertz CT molecular complexity index is 825. The predicted molar refractivity (Wildman–Crippen MR) is 131 cm³/mol. The number of carbonyl (C=O) groups excluding carboxylic acids is 2. The molecule has 3 amide bonds. The van der Waals surface area contributed by atoms with Crippen molar-refractivity contribution in [3.63, 3.8) is 0 Å². The molecule has 2 fully saturated rings. The second-order valence-electron chi connectivity index (χ2n) is 9.86. The normalized spacial score (nSPS) is 18.0. The molecule has 1 atom stereocenters. The molecule has 1 heterocycles. The van der Waals surface area contributed by atoms with E-state index in [9.17, 15) is 9.59 Å². The summed E-state index contributed by atoms with van der Waals surface area (Å²) >= 11 is 0. The van der Waals surface area contributed by atoms with Crippen LogP contribution in [0.15, 0.2) is 12.1 Å². The molecule has 34 heavy (non-hydrogen) atoms. The molecule has 1 aromatic rings. The van der Waals surface area contributed by atoms with Crippen LogP contribution in [0.3, 0.4) is 0 Å². The van der Waals surface area contributed by atoms with E-state index in [1.165, 1.54) is 24.0 Å². The van der Waals surface area contributed by atoms with Crippen molar-refractivity contribution in [3.8, 4) is 5.75 Å². The van der Waals surface area contributed by atoms with E-state index in [4.69, 9.17) is 14.2 Å². The third-order valence-corrected chi connectivity index (χ3v) is 6.25. The molecule has 3 rings (SSSR count). The molecule has 8 nitrogen and oxygen atoms in total. The van der Waals surface area contributed by atoms with E-state index in [1.54, 1.807) is 12.0 Å². The monoisotopic (exact) mass is 475 g/mol. The fourth-order valence-electron chi connectivity index (χ4n) is 4.24. The highest BCUT2D eigenvalue weighted by Gasteiger charge is 2.28. The Labute approximate surface area is 203 Å². The Kier molecular flexibility index (Phi) is 9.86. The van der Waals surface area contributed by atoms with Gasteiger partial charge in [-0.05, 0) is 67.2 Å². The molecule has 0 radical (unpaired) electrons. The fraction of sp³-hybridized carbons (Fsp3) is 0.692. The van der Waals surface area contributed by atoms with E-state index in [-0.39, 0.29) is 18.0 Å². The third kappa shape index (κ3) is 8.08. The second kappa shape index (κ2) is 12.8. The van der Waals surface area contributed by atoms with Crippen LogP contribution in [0.2, 0.25) is 0 Å². The number of ether oxygens (including phenoxy) is 3. The van der Waals surface area contributed by atoms with Crippen LogP contribution >= 0.6 is 0 Å². The van der Waals surface area contributed by atoms with Gasteiger partial charge in [-0.15, -0.1) is 0 Å². The number of rotatable bonds is 11. The average Bonchev–Trinajstić information content (AvgIpc) is 3.66. The predicted octanol–water partition coefficient (Wildman–Crippen LogP) is 4.34. The van der Waals surface area contributed by atoms with Crippen LogP contribution < -0.4 is 15.4 Å². The second-order valence-corrected chi connectivity index (χ2v) is 9.86. The highest BCUT2D eigenvalue weighted by Crippen LogP contribution is 2.44. The van der Waals surface area contributed by atoms with Crippen LogP contribution in [0.25, 0.3) is 0 Å². The van der Waals surface area contributed by atoms with Gasteiger partial charge in [-0.3, -0.25) is 0 Å². The van der Waals surface area contributed by atoms with Crippen molar-refractivity contribution in [2.45, 2.75) is 71.4 Å². The van der Waals surface area contributed by atoms with Crippen molar-refractivity contribution in [3.05, 3.63) is 28.8 Å². The summed E-state index contributed by atoms with van der Waals surface area (Å²) < 4.78 is 16.4. The number of nitrogens with one attached hydrogen (secondary N) is 2. The quantitative estimate of drug-likeness (QED) is 0.465. The van der Waals surface area contributed by atoms with E-state index in [1.807, 2.05) is 19.9 Å². The molecule has 0 bridgehead atoms. The van der Waals surface area contributed by atoms with Crippen molar-refractivity contribution in [1.82, 2.24) is 15.5 Å². The van der Waals surface area contributed by atoms with Gasteiger partial charge in [0, 0.05) is 45.8 Å². The number of piperidine rings is 1. The molecule has 2 N–H and O–H groups in total. The topological polar surface area (TPSA) is 89.1 Å². The summed E-state index contributed by atoms with van der Waals surface area (Å²) in [6, 6.07) is 4.05. The maximum absolute atomic E-state index is 12.9. The highest BCUT2D eigenvalue weighted by molar-refractivity contribution is 5.74. The van der Waals surface area contributed by atoms with E-state index >= 15 is 0 Å². The van der Waals surface area contributed by atoms with E-state index in [2.05, 4.69) is 23.6 Å². The molecule has 2 aliphatic rings. The van der Waals surface area contributed by atoms with Gasteiger partial charge >= 0.3 is 12.1 Å². The minimum Gasteiger partial charge on any atom is -0.493 e. The first-order chi connectivity index (χ1) is 16.4. The van der Waals surface area contributed by atoms with E-state index in [0.29, 0.717) is 45.4 Å². The Morgan fingerprint density at radius 3 is 2.68 bits per heavy atom. The number of carbonyl (C=O) groups is 2. The summed E-state index contributed by atoms with van der Waals surface area (Å²) in [5.74, 6) is 1.78. The molecule has 1 aromatic carbocycles. The lowest BCUT2D eigenvalue weighted by Crippen LogP contribution is -2.52. The Balaban J connectivity index is 1.54. The summed E-state index contributed by atoms with van der Waals surface area (Å²) in [7, 11) is 1.69. The van der Waals surface area contributed by atoms with Gasteiger partial charge in [-0.1, -0.05) is 19.9 Å². The van der Waals surface area contributed by atoms with Gasteiger partial charge in [0.05, 0.1) is 13.2 Å². The third-order valence-electron chi connectivity index (χ3n) is 6.25. The zero-order valence-electron chi connectivity index (χ0n) is 21.2. The number of nitrogens with zero attached hydrogens (tertiary/aromatic N) is 1. The van der Waals surface area contributed by atoms with Gasteiger partial charge in [0.2, 0.25) is 0 Å². The summed E-state index contributed by atoms with van der Waals surface area (Å²) in [6.07, 6.45) is 4.53. The molecule has 0 spiro atoms. The Morgan fingerprint density at radius 1 is 1.18 bits per heavy atom. The molecule has 1 aliphatic heterocycles. The van der Waals surface area contributed by atoms with Gasteiger partial charge < -0.3 is 29.7 Å². The van der Waals surface area contributed by atoms with Crippen LogP contribution in [-0.4, -0.2) is 63.1 Å². The van der Waals surface area contributed by atoms with Gasteiger partial charge in [-0.25, -0.2) is 9.59 Å². The molecule has 8 heteroatoms. The van der Waals surface area contributed by atoms with Crippen molar-refractivity contribution in [2.24, 2.45) is 5.92 Å². The first kappa shape index (κ1) is 26.1. The Hall–Kier alpha value is -2.48. The molecular formula is C26H41N3O5. The van der Waals surface area contributed by atoms with Crippen LogP contribution in [-0.2, 0) is 16.0 Å². The zero-order valence-corrected chi connectivity index (χ0v) is 21.2. The minimum absolute atomic E-state index is 0.0906. The molecule has 0 unspecified atom stereocenters. The molecule has 0 aromatic heterocycles. The first-order valence-electron chi connectivity index (χ1n) is 12.6. The SMILES string of the molecule is COCCCOc1cc(CNC(=O)N2CCC[C@@H](NC(=O)OCC(C)C)C2)cc(C2CC2)c1C. The molecule has 190 valence electrons. The number of hydrogen-bond acceptors (Lipinski definition) is 5. The van der Waals surface area contributed by atoms with Crippen molar-refractivity contribution < 1.29 is 23.8 Å². The number of likely N-dealkylation sites (tertiary alicyclic amines) is 1. The lowest BCUT2D eigenvalue weighted by Gasteiger charge is -2.33. The van der Waals surface area contributed by atoms with Crippen LogP contribution in [0.1, 0.15) is 68.6 Å². The number of benzene rings is 1. The molecule has 1 saturated carbocycles. The fourth-order valence-corrected chi connectivity index (χ4v) is 4.24. The molecular weight excluding hydrogens is 434 g/mol. The van der Waals surface area contributed by atoms with Crippen molar-refractivity contribution in [1.29, 1.82) is 0 Å². The maximum atomic E-state index is 12.9. The van der Waals surface area contributed by atoms with Crippen molar-refractivity contribution in [2.75, 3.05) is 40.0 Å². The van der Waals surface area contributed by atoms with Crippen LogP contribution in [0.4, 0.5) is 9.59 Å². The minimum atomic E-state index is -0.411. The van der Waals surface area contributed by atoms with Crippen molar-refractivity contribution >= 4 is 12.1 Å². The number of amides is 3. The number of alkyl carbamates (subject to hydrolysis) is 1. The molecule has 1 aliphatic carbocycles. The number of hydrogen-bond donors (Lipinski definition) is 2. The highest BCUT2D eigenvalue weighted by atomic mass is 16.5. The lowest BCUT2D eigenvalue weighted by molar-refractivity contribution is 0.121. The summed E-state index contributed by atoms with van der Waals surface area (Å²) in [4.78, 5) is 26.6. The summed E-state index contributed by atoms with van der Waals surface area (Å²) in [5, 5.41) is 5.95. The smallest absolute Gasteiger partial charge is 0.407 e. The van der Waals surface area contributed by atoms with Crippen LogP contribution in [0, 0.1) is 12.8 Å². The lowest BCUT2D eigenvalue weighted by atomic mass is 10.00. The number of urea groups is 1. The largest absolute Gasteiger partial charge is 0.493 e. The van der Waals surface area contributed by atoms with E-state index < -0.39 is 6.09 Å². The Morgan fingerprint density at radius 2 is 1.97 bits per heavy atom. The maximum Gasteiger partial charge on any atom is 0.407 e. The summed E-state index contributed by atoms with van der Waals surface area (Å²) in [5.41, 5.74) is 3.58.